The van der Waals surface area contributed by atoms with Crippen molar-refractivity contribution in [3.05, 3.63) is 17.0 Å². The number of rotatable bonds is 3. The highest BCUT2D eigenvalue weighted by molar-refractivity contribution is 5.94. The van der Waals surface area contributed by atoms with Crippen LogP contribution < -0.4 is 5.32 Å². The Hall–Kier alpha value is -1.93. The summed E-state index contributed by atoms with van der Waals surface area (Å²) in [5, 5.41) is 17.3. The number of H-pyrrole nitrogens is 1. The quantitative estimate of drug-likeness (QED) is 0.703. The zero-order valence-corrected chi connectivity index (χ0v) is 14.2. The number of likely N-dealkylation sites (N-methyl/N-ethyl adjacent to an activating group) is 1. The first-order valence-electron chi connectivity index (χ1n) is 8.25. The van der Waals surface area contributed by atoms with E-state index in [4.69, 9.17) is 14.6 Å². The summed E-state index contributed by atoms with van der Waals surface area (Å²) in [6, 6.07) is 0.248. The fourth-order valence-corrected chi connectivity index (χ4v) is 3.31. The van der Waals surface area contributed by atoms with Crippen molar-refractivity contribution < 1.29 is 19.4 Å². The Kier molecular flexibility index (Phi) is 6.74. The molecule has 0 atom stereocenters. The Labute approximate surface area is 141 Å². The van der Waals surface area contributed by atoms with Crippen LogP contribution in [0.3, 0.4) is 0 Å². The minimum absolute atomic E-state index is 0.0383. The molecule has 1 saturated carbocycles. The molecule has 24 heavy (non-hydrogen) atoms. The SMILES string of the molecule is COC1CCC(NC(=O)c2n[nH]c3c2CN(C)CC3)CC1.O=CO. The largest absolute Gasteiger partial charge is 0.483 e. The zero-order chi connectivity index (χ0) is 17.5. The predicted molar refractivity (Wildman–Crippen MR) is 87.8 cm³/mol. The molecule has 0 bridgehead atoms. The van der Waals surface area contributed by atoms with E-state index in [1.165, 1.54) is 0 Å². The number of methoxy groups -OCH3 is 1. The highest BCUT2D eigenvalue weighted by atomic mass is 16.5. The number of nitrogens with one attached hydrogen (secondary N) is 2. The van der Waals surface area contributed by atoms with Crippen molar-refractivity contribution in [1.29, 1.82) is 0 Å². The third-order valence-corrected chi connectivity index (χ3v) is 4.68. The van der Waals surface area contributed by atoms with E-state index in [9.17, 15) is 4.79 Å². The van der Waals surface area contributed by atoms with Crippen LogP contribution in [0.15, 0.2) is 0 Å². The van der Waals surface area contributed by atoms with Crippen LogP contribution in [0.1, 0.15) is 47.4 Å². The molecule has 0 saturated heterocycles. The lowest BCUT2D eigenvalue weighted by atomic mass is 9.93. The molecule has 0 radical (unpaired) electrons. The van der Waals surface area contributed by atoms with Gasteiger partial charge in [-0.3, -0.25) is 14.7 Å². The van der Waals surface area contributed by atoms with E-state index in [-0.39, 0.29) is 18.4 Å². The second kappa shape index (κ2) is 8.79. The van der Waals surface area contributed by atoms with E-state index < -0.39 is 0 Å². The van der Waals surface area contributed by atoms with Gasteiger partial charge in [0.05, 0.1) is 6.10 Å². The Morgan fingerprint density at radius 3 is 2.71 bits per heavy atom. The molecule has 0 unspecified atom stereocenters. The summed E-state index contributed by atoms with van der Waals surface area (Å²) in [6.45, 7) is 1.56. The highest BCUT2D eigenvalue weighted by Crippen LogP contribution is 2.22. The van der Waals surface area contributed by atoms with Crippen molar-refractivity contribution in [3.63, 3.8) is 0 Å². The lowest BCUT2D eigenvalue weighted by molar-refractivity contribution is -0.122. The molecule has 1 aliphatic carbocycles. The van der Waals surface area contributed by atoms with Gasteiger partial charge in [-0.2, -0.15) is 5.10 Å². The van der Waals surface area contributed by atoms with Gasteiger partial charge in [0.2, 0.25) is 0 Å². The maximum Gasteiger partial charge on any atom is 0.290 e. The lowest BCUT2D eigenvalue weighted by Crippen LogP contribution is -2.39. The van der Waals surface area contributed by atoms with Crippen molar-refractivity contribution in [1.82, 2.24) is 20.4 Å². The minimum Gasteiger partial charge on any atom is -0.483 e. The van der Waals surface area contributed by atoms with Crippen LogP contribution >= 0.6 is 0 Å². The van der Waals surface area contributed by atoms with Crippen molar-refractivity contribution in [2.24, 2.45) is 0 Å². The average molecular weight is 338 g/mol. The molecule has 1 aromatic heterocycles. The summed E-state index contributed by atoms with van der Waals surface area (Å²) in [6.07, 6.45) is 5.29. The normalized spacial score (nSPS) is 23.6. The lowest BCUT2D eigenvalue weighted by Gasteiger charge is -2.28. The Morgan fingerprint density at radius 1 is 1.42 bits per heavy atom. The molecule has 3 N–H and O–H groups in total. The smallest absolute Gasteiger partial charge is 0.290 e. The number of nitrogens with zero attached hydrogens (tertiary/aromatic N) is 2. The van der Waals surface area contributed by atoms with Gasteiger partial charge in [-0.25, -0.2) is 0 Å². The molecule has 1 aromatic rings. The van der Waals surface area contributed by atoms with Crippen LogP contribution in [-0.4, -0.2) is 65.4 Å². The van der Waals surface area contributed by atoms with Gasteiger partial charge >= 0.3 is 0 Å². The van der Waals surface area contributed by atoms with Gasteiger partial charge in [0.15, 0.2) is 5.69 Å². The number of amides is 1. The summed E-state index contributed by atoms with van der Waals surface area (Å²) in [5.74, 6) is -0.0383. The van der Waals surface area contributed by atoms with E-state index in [0.29, 0.717) is 11.8 Å². The molecule has 2 heterocycles. The van der Waals surface area contributed by atoms with Gasteiger partial charge in [0.25, 0.3) is 12.4 Å². The Balaban J connectivity index is 0.000000647. The van der Waals surface area contributed by atoms with E-state index >= 15 is 0 Å². The fraction of sp³-hybridized carbons (Fsp3) is 0.688. The first kappa shape index (κ1) is 18.4. The van der Waals surface area contributed by atoms with Gasteiger partial charge in [-0.1, -0.05) is 0 Å². The third-order valence-electron chi connectivity index (χ3n) is 4.68. The Morgan fingerprint density at radius 2 is 2.08 bits per heavy atom. The summed E-state index contributed by atoms with van der Waals surface area (Å²) >= 11 is 0. The molecule has 2 aliphatic rings. The van der Waals surface area contributed by atoms with Crippen molar-refractivity contribution in [2.45, 2.75) is 50.8 Å². The number of fused-ring (bicyclic) bond motifs is 1. The second-order valence-corrected chi connectivity index (χ2v) is 6.31. The number of hydrogen-bond donors (Lipinski definition) is 3. The zero-order valence-electron chi connectivity index (χ0n) is 14.2. The minimum atomic E-state index is -0.250. The van der Waals surface area contributed by atoms with E-state index in [2.05, 4.69) is 27.5 Å². The second-order valence-electron chi connectivity index (χ2n) is 6.31. The van der Waals surface area contributed by atoms with Gasteiger partial charge in [0, 0.05) is 43.9 Å². The highest BCUT2D eigenvalue weighted by Gasteiger charge is 2.27. The number of carboxylic acid groups (broad SMARTS) is 1. The van der Waals surface area contributed by atoms with Gasteiger partial charge < -0.3 is 20.1 Å². The summed E-state index contributed by atoms with van der Waals surface area (Å²) < 4.78 is 5.37. The number of carbonyl (C=O) groups excluding carboxylic acids is 1. The molecular weight excluding hydrogens is 312 g/mol. The van der Waals surface area contributed by atoms with Crippen LogP contribution in [0.5, 0.6) is 0 Å². The number of hydrogen-bond acceptors (Lipinski definition) is 5. The van der Waals surface area contributed by atoms with E-state index in [1.54, 1.807) is 7.11 Å². The third kappa shape index (κ3) is 4.55. The first-order chi connectivity index (χ1) is 11.6. The van der Waals surface area contributed by atoms with Crippen LogP contribution in [0.4, 0.5) is 0 Å². The van der Waals surface area contributed by atoms with Gasteiger partial charge in [0.1, 0.15) is 0 Å². The monoisotopic (exact) mass is 338 g/mol. The van der Waals surface area contributed by atoms with E-state index in [0.717, 1.165) is 56.5 Å². The van der Waals surface area contributed by atoms with E-state index in [1.807, 2.05) is 0 Å². The molecule has 1 amide bonds. The maximum atomic E-state index is 12.5. The number of aromatic nitrogens is 2. The first-order valence-corrected chi connectivity index (χ1v) is 8.25. The number of ether oxygens (including phenoxy) is 1. The average Bonchev–Trinajstić information content (AvgIpc) is 2.99. The van der Waals surface area contributed by atoms with Gasteiger partial charge in [-0.15, -0.1) is 0 Å². The maximum absolute atomic E-state index is 12.5. The molecule has 134 valence electrons. The molecule has 8 nitrogen and oxygen atoms in total. The van der Waals surface area contributed by atoms with Crippen molar-refractivity contribution in [3.8, 4) is 0 Å². The fourth-order valence-electron chi connectivity index (χ4n) is 3.31. The summed E-state index contributed by atoms with van der Waals surface area (Å²) in [4.78, 5) is 23.0. The van der Waals surface area contributed by atoms with Crippen molar-refractivity contribution in [2.75, 3.05) is 20.7 Å². The van der Waals surface area contributed by atoms with Crippen LogP contribution in [0, 0.1) is 0 Å². The molecule has 3 rings (SSSR count). The molecule has 1 aliphatic heterocycles. The standard InChI is InChI=1S/C15H24N4O2.CH2O2/c1-19-8-7-13-12(9-19)14(18-17-13)15(20)16-10-3-5-11(21-2)6-4-10;2-1-3/h10-11H,3-9H2,1-2H3,(H,16,20)(H,17,18);1H,(H,2,3). The predicted octanol–water partition coefficient (Wildman–Crippen LogP) is 0.786. The summed E-state index contributed by atoms with van der Waals surface area (Å²) in [7, 11) is 3.83. The van der Waals surface area contributed by atoms with Crippen molar-refractivity contribution >= 4 is 12.4 Å². The Bertz CT molecular complexity index is 552. The molecule has 1 fully saturated rings. The molecule has 8 heteroatoms. The van der Waals surface area contributed by atoms with Crippen LogP contribution in [0.25, 0.3) is 0 Å². The number of carbonyl (C=O) groups is 2. The van der Waals surface area contributed by atoms with Gasteiger partial charge in [-0.05, 0) is 32.7 Å². The molecule has 0 aromatic carbocycles. The molecule has 0 spiro atoms. The summed E-state index contributed by atoms with van der Waals surface area (Å²) in [5.41, 5.74) is 2.75. The van der Waals surface area contributed by atoms with Crippen LogP contribution in [-0.2, 0) is 22.5 Å². The molecular formula is C16H26N4O4. The topological polar surface area (TPSA) is 108 Å². The number of aromatic amines is 1. The van der Waals surface area contributed by atoms with Crippen LogP contribution in [0.2, 0.25) is 0 Å².